The van der Waals surface area contributed by atoms with E-state index in [1.165, 1.54) is 0 Å². The highest BCUT2D eigenvalue weighted by atomic mass is 32.1. The Morgan fingerprint density at radius 2 is 2.00 bits per heavy atom. The summed E-state index contributed by atoms with van der Waals surface area (Å²) < 4.78 is 17.0. The number of rotatable bonds is 8. The second kappa shape index (κ2) is 9.44. The number of aromatic nitrogens is 2. The van der Waals surface area contributed by atoms with Gasteiger partial charge in [-0.25, -0.2) is 4.98 Å². The smallest absolute Gasteiger partial charge is 0.236 e. The van der Waals surface area contributed by atoms with Crippen molar-refractivity contribution in [1.29, 1.82) is 0 Å². The molecule has 1 amide bonds. The van der Waals surface area contributed by atoms with Gasteiger partial charge in [0, 0.05) is 24.1 Å². The third kappa shape index (κ3) is 5.10. The number of pyridine rings is 1. The van der Waals surface area contributed by atoms with E-state index in [1.54, 1.807) is 49.0 Å². The highest BCUT2D eigenvalue weighted by Gasteiger charge is 2.16. The van der Waals surface area contributed by atoms with Crippen LogP contribution in [0.1, 0.15) is 17.0 Å². The largest absolute Gasteiger partial charge is 0.493 e. The van der Waals surface area contributed by atoms with Gasteiger partial charge in [0.1, 0.15) is 12.4 Å². The van der Waals surface area contributed by atoms with Crippen molar-refractivity contribution in [2.45, 2.75) is 20.0 Å². The van der Waals surface area contributed by atoms with Crippen molar-refractivity contribution in [2.75, 3.05) is 12.4 Å². The Labute approximate surface area is 183 Å². The van der Waals surface area contributed by atoms with Crippen molar-refractivity contribution in [1.82, 2.24) is 9.97 Å². The van der Waals surface area contributed by atoms with Crippen molar-refractivity contribution in [3.05, 3.63) is 77.3 Å². The quantitative estimate of drug-likeness (QED) is 0.425. The fourth-order valence-corrected chi connectivity index (χ4v) is 3.61. The second-order valence-electron chi connectivity index (χ2n) is 6.73. The third-order valence-corrected chi connectivity index (χ3v) is 5.40. The van der Waals surface area contributed by atoms with E-state index in [2.05, 4.69) is 15.3 Å². The van der Waals surface area contributed by atoms with Gasteiger partial charge in [-0.15, -0.1) is 11.3 Å². The number of anilines is 1. The normalized spacial score (nSPS) is 10.6. The fourth-order valence-electron chi connectivity index (χ4n) is 2.96. The number of carbonyl (C=O) groups is 1. The van der Waals surface area contributed by atoms with Crippen LogP contribution in [0.3, 0.4) is 0 Å². The molecule has 0 saturated heterocycles. The van der Waals surface area contributed by atoms with Gasteiger partial charge >= 0.3 is 0 Å². The zero-order valence-corrected chi connectivity index (χ0v) is 17.9. The number of benzene rings is 1. The molecule has 0 unspecified atom stereocenters. The minimum atomic E-state index is -0.195. The zero-order valence-electron chi connectivity index (χ0n) is 17.1. The molecule has 0 aliphatic rings. The maximum absolute atomic E-state index is 12.6. The van der Waals surface area contributed by atoms with Crippen LogP contribution in [0.25, 0.3) is 10.8 Å². The predicted octanol–water partition coefficient (Wildman–Crippen LogP) is 4.88. The van der Waals surface area contributed by atoms with Gasteiger partial charge in [-0.05, 0) is 48.2 Å². The molecule has 158 valence electrons. The molecule has 7 nitrogen and oxygen atoms in total. The van der Waals surface area contributed by atoms with Gasteiger partial charge < -0.3 is 19.2 Å². The summed E-state index contributed by atoms with van der Waals surface area (Å²) in [5.41, 5.74) is 2.20. The molecule has 0 bridgehead atoms. The summed E-state index contributed by atoms with van der Waals surface area (Å²) in [5.74, 6) is 2.09. The molecule has 0 atom stereocenters. The molecule has 4 rings (SSSR count). The van der Waals surface area contributed by atoms with Crippen LogP contribution in [0.4, 0.5) is 5.69 Å². The van der Waals surface area contributed by atoms with Gasteiger partial charge in [0.25, 0.3) is 0 Å². The van der Waals surface area contributed by atoms with Crippen LogP contribution >= 0.6 is 11.3 Å². The number of aryl methyl sites for hydroxylation is 1. The minimum absolute atomic E-state index is 0.111. The summed E-state index contributed by atoms with van der Waals surface area (Å²) in [6, 6.07) is 12.9. The van der Waals surface area contributed by atoms with E-state index in [1.807, 2.05) is 36.6 Å². The Morgan fingerprint density at radius 1 is 1.16 bits per heavy atom. The number of hydrogen-bond acceptors (Lipinski definition) is 7. The van der Waals surface area contributed by atoms with Crippen LogP contribution in [0, 0.1) is 6.92 Å². The first-order chi connectivity index (χ1) is 15.1. The average molecular weight is 436 g/mol. The van der Waals surface area contributed by atoms with Gasteiger partial charge in [-0.3, -0.25) is 9.78 Å². The number of carbonyl (C=O) groups excluding carboxylic acids is 1. The molecule has 1 N–H and O–H groups in total. The number of hydrogen-bond donors (Lipinski definition) is 1. The number of nitrogens with one attached hydrogen (secondary N) is 1. The van der Waals surface area contributed by atoms with Crippen LogP contribution in [-0.2, 0) is 17.8 Å². The van der Waals surface area contributed by atoms with Gasteiger partial charge in [-0.2, -0.15) is 0 Å². The first-order valence-electron chi connectivity index (χ1n) is 9.62. The molecule has 0 aliphatic heterocycles. The Kier molecular flexibility index (Phi) is 6.28. The van der Waals surface area contributed by atoms with Crippen LogP contribution in [-0.4, -0.2) is 23.0 Å². The number of thiophene rings is 1. The molecule has 3 aromatic heterocycles. The molecule has 3 heterocycles. The fraction of sp³-hybridized carbons (Fsp3) is 0.174. The lowest BCUT2D eigenvalue weighted by molar-refractivity contribution is -0.115. The van der Waals surface area contributed by atoms with Crippen LogP contribution in [0.2, 0.25) is 0 Å². The summed E-state index contributed by atoms with van der Waals surface area (Å²) >= 11 is 1.54. The predicted molar refractivity (Wildman–Crippen MR) is 118 cm³/mol. The molecule has 31 heavy (non-hydrogen) atoms. The average Bonchev–Trinajstić information content (AvgIpc) is 3.43. The standard InChI is InChI=1S/C23H21N3O4S/c1-15-18(26-23(30-15)21-4-3-11-31-21)13-22(27)25-17-5-6-19(28-2)20(12-17)29-14-16-7-9-24-10-8-16/h3-12H,13-14H2,1-2H3,(H,25,27). The van der Waals surface area contributed by atoms with Crippen LogP contribution in [0.15, 0.2) is 64.7 Å². The third-order valence-electron chi connectivity index (χ3n) is 4.54. The molecule has 4 aromatic rings. The van der Waals surface area contributed by atoms with Crippen molar-refractivity contribution < 1.29 is 18.7 Å². The van der Waals surface area contributed by atoms with E-state index in [0.29, 0.717) is 41.1 Å². The monoisotopic (exact) mass is 435 g/mol. The molecule has 0 spiro atoms. The highest BCUT2D eigenvalue weighted by molar-refractivity contribution is 7.13. The SMILES string of the molecule is COc1ccc(NC(=O)Cc2nc(-c3cccs3)oc2C)cc1OCc1ccncc1. The molecule has 0 radical (unpaired) electrons. The summed E-state index contributed by atoms with van der Waals surface area (Å²) in [6.45, 7) is 2.17. The van der Waals surface area contributed by atoms with Gasteiger partial charge in [-0.1, -0.05) is 6.07 Å². The molecule has 0 aliphatic carbocycles. The zero-order chi connectivity index (χ0) is 21.6. The summed E-state index contributed by atoms with van der Waals surface area (Å²) in [4.78, 5) is 22.0. The van der Waals surface area contributed by atoms with E-state index in [0.717, 1.165) is 10.4 Å². The second-order valence-corrected chi connectivity index (χ2v) is 7.68. The van der Waals surface area contributed by atoms with E-state index in [4.69, 9.17) is 13.9 Å². The van der Waals surface area contributed by atoms with Gasteiger partial charge in [0.2, 0.25) is 11.8 Å². The molecule has 8 heteroatoms. The number of methoxy groups -OCH3 is 1. The molecule has 1 aromatic carbocycles. The minimum Gasteiger partial charge on any atom is -0.493 e. The summed E-state index contributed by atoms with van der Waals surface area (Å²) in [6.07, 6.45) is 3.53. The molecule has 0 fully saturated rings. The summed E-state index contributed by atoms with van der Waals surface area (Å²) in [7, 11) is 1.57. The first kappa shape index (κ1) is 20.6. The van der Waals surface area contributed by atoms with Crippen molar-refractivity contribution in [3.8, 4) is 22.3 Å². The molecular formula is C23H21N3O4S. The Bertz CT molecular complexity index is 1160. The lowest BCUT2D eigenvalue weighted by Gasteiger charge is -2.13. The topological polar surface area (TPSA) is 86.5 Å². The Hall–Kier alpha value is -3.65. The van der Waals surface area contributed by atoms with E-state index in [-0.39, 0.29) is 12.3 Å². The lowest BCUT2D eigenvalue weighted by atomic mass is 10.2. The first-order valence-corrected chi connectivity index (χ1v) is 10.5. The molecule has 0 saturated carbocycles. The molecular weight excluding hydrogens is 414 g/mol. The Morgan fingerprint density at radius 3 is 2.74 bits per heavy atom. The van der Waals surface area contributed by atoms with Crippen LogP contribution < -0.4 is 14.8 Å². The number of amides is 1. The van der Waals surface area contributed by atoms with Crippen molar-refractivity contribution >= 4 is 22.9 Å². The lowest BCUT2D eigenvalue weighted by Crippen LogP contribution is -2.15. The van der Waals surface area contributed by atoms with E-state index < -0.39 is 0 Å². The van der Waals surface area contributed by atoms with Crippen molar-refractivity contribution in [3.63, 3.8) is 0 Å². The van der Waals surface area contributed by atoms with E-state index >= 15 is 0 Å². The Balaban J connectivity index is 1.43. The van der Waals surface area contributed by atoms with Crippen LogP contribution in [0.5, 0.6) is 11.5 Å². The maximum atomic E-state index is 12.6. The summed E-state index contributed by atoms with van der Waals surface area (Å²) in [5, 5.41) is 4.85. The van der Waals surface area contributed by atoms with Crippen molar-refractivity contribution in [2.24, 2.45) is 0 Å². The number of ether oxygens (including phenoxy) is 2. The van der Waals surface area contributed by atoms with Gasteiger partial charge in [0.15, 0.2) is 11.5 Å². The number of oxazole rings is 1. The highest BCUT2D eigenvalue weighted by Crippen LogP contribution is 2.31. The number of nitrogens with zero attached hydrogens (tertiary/aromatic N) is 2. The van der Waals surface area contributed by atoms with E-state index in [9.17, 15) is 4.79 Å². The maximum Gasteiger partial charge on any atom is 0.236 e. The van der Waals surface area contributed by atoms with Gasteiger partial charge in [0.05, 0.1) is 24.1 Å².